The minimum absolute atomic E-state index is 0.00572. The number of phenolic OH excluding ortho intramolecular Hbond substituents is 1. The molecule has 1 N–H and O–H groups in total. The lowest BCUT2D eigenvalue weighted by Crippen LogP contribution is -2.08. The number of rotatable bonds is 7. The van der Waals surface area contributed by atoms with E-state index in [0.717, 1.165) is 0 Å². The quantitative estimate of drug-likeness (QED) is 0.770. The predicted molar refractivity (Wildman–Crippen MR) is 90.7 cm³/mol. The van der Waals surface area contributed by atoms with Gasteiger partial charge in [0.1, 0.15) is 28.6 Å². The van der Waals surface area contributed by atoms with E-state index < -0.39 is 5.78 Å². The van der Waals surface area contributed by atoms with E-state index in [9.17, 15) is 9.90 Å². The van der Waals surface area contributed by atoms with Gasteiger partial charge in [0, 0.05) is 18.2 Å². The monoisotopic (exact) mass is 348 g/mol. The van der Waals surface area contributed by atoms with Crippen LogP contribution in [-0.2, 0) is 0 Å². The molecule has 134 valence electrons. The van der Waals surface area contributed by atoms with Crippen LogP contribution in [0.15, 0.2) is 24.3 Å². The first-order chi connectivity index (χ1) is 12.0. The van der Waals surface area contributed by atoms with Gasteiger partial charge in [-0.3, -0.25) is 4.79 Å². The Kier molecular flexibility index (Phi) is 5.59. The number of hydrogen-bond acceptors (Lipinski definition) is 7. The van der Waals surface area contributed by atoms with E-state index in [2.05, 4.69) is 0 Å². The summed E-state index contributed by atoms with van der Waals surface area (Å²) in [5.41, 5.74) is 0.188. The number of hydrogen-bond donors (Lipinski definition) is 1. The molecule has 0 aliphatic carbocycles. The second-order valence-corrected chi connectivity index (χ2v) is 4.96. The molecule has 0 aliphatic heterocycles. The third kappa shape index (κ3) is 3.40. The van der Waals surface area contributed by atoms with Gasteiger partial charge in [0.15, 0.2) is 11.5 Å². The van der Waals surface area contributed by atoms with E-state index >= 15 is 0 Å². The van der Waals surface area contributed by atoms with Gasteiger partial charge in [-0.25, -0.2) is 0 Å². The molecular weight excluding hydrogens is 328 g/mol. The number of carbonyl (C=O) groups excluding carboxylic acids is 1. The second-order valence-electron chi connectivity index (χ2n) is 4.96. The molecule has 0 spiro atoms. The number of phenols is 1. The van der Waals surface area contributed by atoms with Crippen molar-refractivity contribution in [3.05, 3.63) is 35.4 Å². The van der Waals surface area contributed by atoms with Crippen molar-refractivity contribution < 1.29 is 33.6 Å². The van der Waals surface area contributed by atoms with E-state index in [-0.39, 0.29) is 28.4 Å². The van der Waals surface area contributed by atoms with E-state index in [0.29, 0.717) is 17.2 Å². The fourth-order valence-electron chi connectivity index (χ4n) is 2.42. The molecule has 0 heterocycles. The van der Waals surface area contributed by atoms with Gasteiger partial charge in [0.25, 0.3) is 0 Å². The molecule has 0 aromatic heterocycles. The summed E-state index contributed by atoms with van der Waals surface area (Å²) in [5.74, 6) is 0.845. The molecule has 25 heavy (non-hydrogen) atoms. The number of aromatic hydroxyl groups is 1. The number of methoxy groups -OCH3 is 5. The summed E-state index contributed by atoms with van der Waals surface area (Å²) in [6, 6.07) is 5.88. The molecule has 0 radical (unpaired) electrons. The van der Waals surface area contributed by atoms with Gasteiger partial charge in [-0.2, -0.15) is 0 Å². The zero-order chi connectivity index (χ0) is 18.6. The average molecular weight is 348 g/mol. The smallest absolute Gasteiger partial charge is 0.204 e. The van der Waals surface area contributed by atoms with Gasteiger partial charge in [-0.1, -0.05) is 0 Å². The lowest BCUT2D eigenvalue weighted by molar-refractivity contribution is 0.103. The highest BCUT2D eigenvalue weighted by Crippen LogP contribution is 2.40. The van der Waals surface area contributed by atoms with Crippen LogP contribution in [0.4, 0.5) is 0 Å². The zero-order valence-corrected chi connectivity index (χ0v) is 14.7. The van der Waals surface area contributed by atoms with Crippen LogP contribution in [-0.4, -0.2) is 46.4 Å². The topological polar surface area (TPSA) is 83.5 Å². The molecule has 0 bridgehead atoms. The summed E-state index contributed by atoms with van der Waals surface area (Å²) in [6.07, 6.45) is 0. The van der Waals surface area contributed by atoms with E-state index in [1.807, 2.05) is 0 Å². The molecule has 0 atom stereocenters. The van der Waals surface area contributed by atoms with E-state index in [1.54, 1.807) is 6.07 Å². The Morgan fingerprint density at radius 2 is 1.28 bits per heavy atom. The molecule has 0 aliphatic rings. The molecule has 0 saturated heterocycles. The first-order valence-corrected chi connectivity index (χ1v) is 7.30. The van der Waals surface area contributed by atoms with Gasteiger partial charge in [0.2, 0.25) is 5.78 Å². The van der Waals surface area contributed by atoms with Crippen molar-refractivity contribution in [3.63, 3.8) is 0 Å². The molecular formula is C18H20O7. The van der Waals surface area contributed by atoms with Gasteiger partial charge < -0.3 is 28.8 Å². The van der Waals surface area contributed by atoms with Crippen LogP contribution < -0.4 is 23.7 Å². The molecule has 7 heteroatoms. The van der Waals surface area contributed by atoms with Crippen LogP contribution in [0, 0.1) is 0 Å². The molecule has 2 aromatic rings. The van der Waals surface area contributed by atoms with Crippen molar-refractivity contribution in [3.8, 4) is 34.5 Å². The van der Waals surface area contributed by atoms with Crippen LogP contribution in [0.25, 0.3) is 0 Å². The number of ether oxygens (including phenoxy) is 5. The fourth-order valence-corrected chi connectivity index (χ4v) is 2.42. The van der Waals surface area contributed by atoms with Crippen molar-refractivity contribution in [1.29, 1.82) is 0 Å². The largest absolute Gasteiger partial charge is 0.507 e. The number of carbonyl (C=O) groups is 1. The fraction of sp³-hybridized carbons (Fsp3) is 0.278. The molecule has 0 amide bonds. The minimum atomic E-state index is -0.491. The van der Waals surface area contributed by atoms with Crippen molar-refractivity contribution in [1.82, 2.24) is 0 Å². The molecule has 2 rings (SSSR count). The highest BCUT2D eigenvalue weighted by molar-refractivity contribution is 6.14. The van der Waals surface area contributed by atoms with Crippen LogP contribution in [0.3, 0.4) is 0 Å². The Labute approximate surface area is 145 Å². The van der Waals surface area contributed by atoms with Gasteiger partial charge in [0.05, 0.1) is 41.1 Å². The maximum atomic E-state index is 13.0. The SMILES string of the molecule is COc1cc(O)c(C(=O)c2cc(OC)c(OC)cc2OC)c(OC)c1. The van der Waals surface area contributed by atoms with Crippen LogP contribution >= 0.6 is 0 Å². The van der Waals surface area contributed by atoms with Crippen molar-refractivity contribution >= 4 is 5.78 Å². The average Bonchev–Trinajstić information content (AvgIpc) is 2.65. The predicted octanol–water partition coefficient (Wildman–Crippen LogP) is 2.67. The van der Waals surface area contributed by atoms with Gasteiger partial charge in [-0.05, 0) is 6.07 Å². The molecule has 7 nitrogen and oxygen atoms in total. The summed E-state index contributed by atoms with van der Waals surface area (Å²) >= 11 is 0. The van der Waals surface area contributed by atoms with E-state index in [1.165, 1.54) is 53.7 Å². The summed E-state index contributed by atoms with van der Waals surface area (Å²) in [7, 11) is 7.23. The summed E-state index contributed by atoms with van der Waals surface area (Å²) in [4.78, 5) is 13.0. The van der Waals surface area contributed by atoms with Gasteiger partial charge in [-0.15, -0.1) is 0 Å². The maximum Gasteiger partial charge on any atom is 0.204 e. The highest BCUT2D eigenvalue weighted by Gasteiger charge is 2.25. The van der Waals surface area contributed by atoms with Gasteiger partial charge >= 0.3 is 0 Å². The summed E-state index contributed by atoms with van der Waals surface area (Å²) in [6.45, 7) is 0. The maximum absolute atomic E-state index is 13.0. The van der Waals surface area contributed by atoms with Crippen molar-refractivity contribution in [2.24, 2.45) is 0 Å². The summed E-state index contributed by atoms with van der Waals surface area (Å²) in [5, 5.41) is 10.3. The first-order valence-electron chi connectivity index (χ1n) is 7.30. The third-order valence-electron chi connectivity index (χ3n) is 3.69. The lowest BCUT2D eigenvalue weighted by Gasteiger charge is -2.16. The summed E-state index contributed by atoms with van der Waals surface area (Å²) < 4.78 is 26.0. The van der Waals surface area contributed by atoms with Crippen LogP contribution in [0.2, 0.25) is 0 Å². The number of benzene rings is 2. The van der Waals surface area contributed by atoms with E-state index in [4.69, 9.17) is 23.7 Å². The standard InChI is InChI=1S/C18H20O7/c1-21-10-6-12(19)17(16(7-10)25-5)18(20)11-8-14(23-3)15(24-4)9-13(11)22-2/h6-9,19H,1-5H3. The minimum Gasteiger partial charge on any atom is -0.507 e. The molecule has 0 fully saturated rings. The highest BCUT2D eigenvalue weighted by atomic mass is 16.5. The third-order valence-corrected chi connectivity index (χ3v) is 3.69. The van der Waals surface area contributed by atoms with Crippen LogP contribution in [0.1, 0.15) is 15.9 Å². The van der Waals surface area contributed by atoms with Crippen molar-refractivity contribution in [2.75, 3.05) is 35.5 Å². The molecule has 2 aromatic carbocycles. The first kappa shape index (κ1) is 18.3. The number of ketones is 1. The van der Waals surface area contributed by atoms with Crippen LogP contribution in [0.5, 0.6) is 34.5 Å². The Morgan fingerprint density at radius 1 is 0.720 bits per heavy atom. The lowest BCUT2D eigenvalue weighted by atomic mass is 9.99. The Balaban J connectivity index is 2.65. The normalized spacial score (nSPS) is 10.1. The molecule has 0 saturated carbocycles. The van der Waals surface area contributed by atoms with Crippen molar-refractivity contribution in [2.45, 2.75) is 0 Å². The molecule has 0 unspecified atom stereocenters. The zero-order valence-electron chi connectivity index (χ0n) is 14.7. The Bertz CT molecular complexity index is 783. The Morgan fingerprint density at radius 3 is 1.80 bits per heavy atom. The second kappa shape index (κ2) is 7.65. The Hall–Kier alpha value is -3.09.